The molecule has 1 aromatic carbocycles. The average molecular weight is 297 g/mol. The number of aromatic nitrogens is 1. The Hall–Kier alpha value is -1.59. The largest absolute Gasteiger partial charge is 0.497 e. The van der Waals surface area contributed by atoms with E-state index in [1.54, 1.807) is 7.11 Å². The van der Waals surface area contributed by atoms with Gasteiger partial charge in [0.05, 0.1) is 25.1 Å². The number of halogens is 1. The first kappa shape index (κ1) is 13.8. The molecule has 0 fully saturated rings. The molecule has 0 spiro atoms. The number of benzene rings is 1. The monoisotopic (exact) mass is 296 g/mol. The number of carbonyl (C=O) groups is 1. The summed E-state index contributed by atoms with van der Waals surface area (Å²) in [5.74, 6) is 0.982. The molecule has 1 heterocycles. The van der Waals surface area contributed by atoms with Crippen molar-refractivity contribution in [3.63, 3.8) is 0 Å². The van der Waals surface area contributed by atoms with E-state index in [1.807, 2.05) is 29.6 Å². The Balaban J connectivity index is 1.96. The Morgan fingerprint density at radius 3 is 3.05 bits per heavy atom. The maximum Gasteiger partial charge on any atom is 0.230 e. The Morgan fingerprint density at radius 2 is 2.37 bits per heavy atom. The number of ether oxygens (including phenoxy) is 1. The highest BCUT2D eigenvalue weighted by Crippen LogP contribution is 2.18. The SMILES string of the molecule is COc1cccc(CC(=O)Nc2nc(CCl)cs2)c1. The number of rotatable bonds is 5. The highest BCUT2D eigenvalue weighted by molar-refractivity contribution is 7.13. The molecular formula is C13H13ClN2O2S. The average Bonchev–Trinajstić information content (AvgIpc) is 2.86. The molecule has 0 unspecified atom stereocenters. The topological polar surface area (TPSA) is 51.2 Å². The van der Waals surface area contributed by atoms with E-state index in [2.05, 4.69) is 10.3 Å². The number of hydrogen-bond acceptors (Lipinski definition) is 4. The number of anilines is 1. The van der Waals surface area contributed by atoms with Crippen LogP contribution < -0.4 is 10.1 Å². The summed E-state index contributed by atoms with van der Waals surface area (Å²) in [6, 6.07) is 7.42. The van der Waals surface area contributed by atoms with E-state index in [0.717, 1.165) is 17.0 Å². The van der Waals surface area contributed by atoms with Crippen LogP contribution in [-0.2, 0) is 17.1 Å². The molecule has 0 radical (unpaired) electrons. The van der Waals surface area contributed by atoms with Crippen LogP contribution in [0.15, 0.2) is 29.6 Å². The number of methoxy groups -OCH3 is 1. The second-order valence-electron chi connectivity index (χ2n) is 3.85. The van der Waals surface area contributed by atoms with Gasteiger partial charge in [0.1, 0.15) is 5.75 Å². The second-order valence-corrected chi connectivity index (χ2v) is 4.98. The Bertz CT molecular complexity index is 571. The standard InChI is InChI=1S/C13H13ClN2O2S/c1-18-11-4-2-3-9(5-11)6-12(17)16-13-15-10(7-14)8-19-13/h2-5,8H,6-7H2,1H3,(H,15,16,17). The number of thiazole rings is 1. The summed E-state index contributed by atoms with van der Waals surface area (Å²) in [5.41, 5.74) is 1.66. The number of nitrogens with zero attached hydrogens (tertiary/aromatic N) is 1. The van der Waals surface area contributed by atoms with Crippen LogP contribution in [-0.4, -0.2) is 18.0 Å². The summed E-state index contributed by atoms with van der Waals surface area (Å²) >= 11 is 7.03. The van der Waals surface area contributed by atoms with E-state index in [9.17, 15) is 4.79 Å². The molecule has 0 saturated carbocycles. The minimum absolute atomic E-state index is 0.108. The van der Waals surface area contributed by atoms with Crippen LogP contribution in [0.25, 0.3) is 0 Å². The molecule has 2 aromatic rings. The molecule has 0 bridgehead atoms. The minimum Gasteiger partial charge on any atom is -0.497 e. The Labute approximate surface area is 120 Å². The quantitative estimate of drug-likeness (QED) is 0.863. The van der Waals surface area contributed by atoms with Crippen molar-refractivity contribution in [2.24, 2.45) is 0 Å². The first-order valence-electron chi connectivity index (χ1n) is 5.64. The molecule has 0 saturated heterocycles. The fourth-order valence-electron chi connectivity index (χ4n) is 1.56. The zero-order valence-corrected chi connectivity index (χ0v) is 11.9. The number of hydrogen-bond donors (Lipinski definition) is 1. The minimum atomic E-state index is -0.108. The fraction of sp³-hybridized carbons (Fsp3) is 0.231. The van der Waals surface area contributed by atoms with E-state index < -0.39 is 0 Å². The van der Waals surface area contributed by atoms with E-state index in [4.69, 9.17) is 16.3 Å². The van der Waals surface area contributed by atoms with Crippen molar-refractivity contribution >= 4 is 34.0 Å². The number of nitrogens with one attached hydrogen (secondary N) is 1. The highest BCUT2D eigenvalue weighted by Gasteiger charge is 2.08. The van der Waals surface area contributed by atoms with Crippen LogP contribution in [0.1, 0.15) is 11.3 Å². The molecule has 6 heteroatoms. The molecular weight excluding hydrogens is 284 g/mol. The van der Waals surface area contributed by atoms with Crippen LogP contribution in [0.2, 0.25) is 0 Å². The summed E-state index contributed by atoms with van der Waals surface area (Å²) in [6.07, 6.45) is 0.285. The molecule has 19 heavy (non-hydrogen) atoms. The molecule has 0 aliphatic heterocycles. The van der Waals surface area contributed by atoms with Crippen LogP contribution in [0.3, 0.4) is 0 Å². The van der Waals surface area contributed by atoms with Crippen molar-refractivity contribution in [3.8, 4) is 5.75 Å². The van der Waals surface area contributed by atoms with Gasteiger partial charge in [0.2, 0.25) is 5.91 Å². The van der Waals surface area contributed by atoms with Crippen LogP contribution in [0.4, 0.5) is 5.13 Å². The summed E-state index contributed by atoms with van der Waals surface area (Å²) in [5, 5.41) is 5.15. The van der Waals surface area contributed by atoms with Crippen molar-refractivity contribution in [1.82, 2.24) is 4.98 Å². The van der Waals surface area contributed by atoms with Gasteiger partial charge in [-0.05, 0) is 17.7 Å². The van der Waals surface area contributed by atoms with Crippen LogP contribution in [0, 0.1) is 0 Å². The molecule has 4 nitrogen and oxygen atoms in total. The zero-order chi connectivity index (χ0) is 13.7. The van der Waals surface area contributed by atoms with Gasteiger partial charge in [0.25, 0.3) is 0 Å². The van der Waals surface area contributed by atoms with Crippen molar-refractivity contribution in [3.05, 3.63) is 40.9 Å². The van der Waals surface area contributed by atoms with Gasteiger partial charge >= 0.3 is 0 Å². The molecule has 0 atom stereocenters. The lowest BCUT2D eigenvalue weighted by atomic mass is 10.1. The molecule has 0 aliphatic carbocycles. The van der Waals surface area contributed by atoms with E-state index >= 15 is 0 Å². The fourth-order valence-corrected chi connectivity index (χ4v) is 2.51. The van der Waals surface area contributed by atoms with Crippen molar-refractivity contribution in [2.75, 3.05) is 12.4 Å². The van der Waals surface area contributed by atoms with Gasteiger partial charge in [-0.2, -0.15) is 0 Å². The first-order chi connectivity index (χ1) is 9.21. The van der Waals surface area contributed by atoms with E-state index in [-0.39, 0.29) is 12.3 Å². The van der Waals surface area contributed by atoms with Gasteiger partial charge in [-0.15, -0.1) is 22.9 Å². The summed E-state index contributed by atoms with van der Waals surface area (Å²) in [7, 11) is 1.60. The third kappa shape index (κ3) is 3.94. The normalized spacial score (nSPS) is 10.2. The summed E-state index contributed by atoms with van der Waals surface area (Å²) in [4.78, 5) is 16.0. The lowest BCUT2D eigenvalue weighted by Crippen LogP contribution is -2.14. The molecule has 1 N–H and O–H groups in total. The Morgan fingerprint density at radius 1 is 1.53 bits per heavy atom. The van der Waals surface area contributed by atoms with Crippen LogP contribution >= 0.6 is 22.9 Å². The molecule has 1 amide bonds. The predicted molar refractivity (Wildman–Crippen MR) is 77.0 cm³/mol. The third-order valence-electron chi connectivity index (χ3n) is 2.43. The zero-order valence-electron chi connectivity index (χ0n) is 10.4. The lowest BCUT2D eigenvalue weighted by molar-refractivity contribution is -0.115. The smallest absolute Gasteiger partial charge is 0.230 e. The molecule has 1 aromatic heterocycles. The highest BCUT2D eigenvalue weighted by atomic mass is 35.5. The first-order valence-corrected chi connectivity index (χ1v) is 7.06. The number of alkyl halides is 1. The van der Waals surface area contributed by atoms with Gasteiger partial charge in [-0.1, -0.05) is 12.1 Å². The molecule has 100 valence electrons. The Kier molecular flexibility index (Phi) is 4.76. The predicted octanol–water partition coefficient (Wildman–Crippen LogP) is 3.07. The number of carbonyl (C=O) groups excluding carboxylic acids is 1. The van der Waals surface area contributed by atoms with Gasteiger partial charge in [-0.3, -0.25) is 4.79 Å². The maximum absolute atomic E-state index is 11.9. The third-order valence-corrected chi connectivity index (χ3v) is 3.51. The van der Waals surface area contributed by atoms with Gasteiger partial charge in [0, 0.05) is 5.38 Å². The maximum atomic E-state index is 11.9. The number of amides is 1. The van der Waals surface area contributed by atoms with Crippen molar-refractivity contribution in [2.45, 2.75) is 12.3 Å². The van der Waals surface area contributed by atoms with Gasteiger partial charge < -0.3 is 10.1 Å². The molecule has 2 rings (SSSR count). The van der Waals surface area contributed by atoms with Gasteiger partial charge in [0.15, 0.2) is 5.13 Å². The van der Waals surface area contributed by atoms with Crippen molar-refractivity contribution < 1.29 is 9.53 Å². The van der Waals surface area contributed by atoms with E-state index in [1.165, 1.54) is 11.3 Å². The van der Waals surface area contributed by atoms with E-state index in [0.29, 0.717) is 11.0 Å². The van der Waals surface area contributed by atoms with Gasteiger partial charge in [-0.25, -0.2) is 4.98 Å². The summed E-state index contributed by atoms with van der Waals surface area (Å²) < 4.78 is 5.12. The molecule has 0 aliphatic rings. The summed E-state index contributed by atoms with van der Waals surface area (Å²) in [6.45, 7) is 0. The van der Waals surface area contributed by atoms with Crippen LogP contribution in [0.5, 0.6) is 5.75 Å². The van der Waals surface area contributed by atoms with Crippen molar-refractivity contribution in [1.29, 1.82) is 0 Å². The lowest BCUT2D eigenvalue weighted by Gasteiger charge is -2.04. The second kappa shape index (κ2) is 6.54.